The second kappa shape index (κ2) is 6.69. The Morgan fingerprint density at radius 3 is 2.68 bits per heavy atom. The maximum atomic E-state index is 12.2. The molecule has 0 aromatic carbocycles. The highest BCUT2D eigenvalue weighted by Crippen LogP contribution is 2.30. The molecular weight excluding hydrogens is 358 g/mol. The maximum absolute atomic E-state index is 12.2. The lowest BCUT2D eigenvalue weighted by atomic mass is 10.2. The summed E-state index contributed by atoms with van der Waals surface area (Å²) in [6.07, 6.45) is 6.43. The Morgan fingerprint density at radius 1 is 1.08 bits per heavy atom. The number of nitrogens with one attached hydrogen (secondary N) is 2. The molecule has 2 N–H and O–H groups in total. The first-order valence-electron chi connectivity index (χ1n) is 7.66. The van der Waals surface area contributed by atoms with E-state index in [9.17, 15) is 9.59 Å². The normalized spacial score (nSPS) is 12.6. The minimum atomic E-state index is -0.476. The molecule has 0 atom stereocenters. The fourth-order valence-corrected chi connectivity index (χ4v) is 4.46. The highest BCUT2D eigenvalue weighted by Gasteiger charge is 2.19. The van der Waals surface area contributed by atoms with Crippen molar-refractivity contribution in [3.8, 4) is 10.8 Å². The van der Waals surface area contributed by atoms with Gasteiger partial charge in [-0.15, -0.1) is 22.7 Å². The van der Waals surface area contributed by atoms with Crippen molar-refractivity contribution >= 4 is 34.5 Å². The molecule has 1 aliphatic carbocycles. The third-order valence-corrected chi connectivity index (χ3v) is 5.83. The number of rotatable bonds is 3. The average Bonchev–Trinajstić information content (AvgIpc) is 3.35. The summed E-state index contributed by atoms with van der Waals surface area (Å²) in [7, 11) is 0. The summed E-state index contributed by atoms with van der Waals surface area (Å²) >= 11 is 2.76. The quantitative estimate of drug-likeness (QED) is 0.688. The van der Waals surface area contributed by atoms with Crippen molar-refractivity contribution in [2.75, 3.05) is 0 Å². The number of hydrogen-bond donors (Lipinski definition) is 2. The van der Waals surface area contributed by atoms with Crippen LogP contribution in [0, 0.1) is 0 Å². The van der Waals surface area contributed by atoms with Crippen LogP contribution in [-0.2, 0) is 12.8 Å². The maximum Gasteiger partial charge on any atom is 0.289 e. The van der Waals surface area contributed by atoms with Gasteiger partial charge in [-0.1, -0.05) is 0 Å². The Labute approximate surface area is 151 Å². The molecule has 0 unspecified atom stereocenters. The van der Waals surface area contributed by atoms with Crippen LogP contribution in [0.5, 0.6) is 0 Å². The summed E-state index contributed by atoms with van der Waals surface area (Å²) in [6.45, 7) is 0. The molecule has 1 aliphatic rings. The van der Waals surface area contributed by atoms with Crippen molar-refractivity contribution in [1.29, 1.82) is 0 Å². The molecule has 9 heteroatoms. The van der Waals surface area contributed by atoms with Crippen LogP contribution < -0.4 is 10.9 Å². The molecule has 0 radical (unpaired) electrons. The predicted octanol–water partition coefficient (Wildman–Crippen LogP) is 2.23. The van der Waals surface area contributed by atoms with Gasteiger partial charge in [0.2, 0.25) is 0 Å². The van der Waals surface area contributed by atoms with Crippen molar-refractivity contribution in [3.63, 3.8) is 0 Å². The highest BCUT2D eigenvalue weighted by molar-refractivity contribution is 7.14. The molecule has 0 aliphatic heterocycles. The highest BCUT2D eigenvalue weighted by atomic mass is 32.1. The molecular formula is C16H13N5O2S2. The van der Waals surface area contributed by atoms with Crippen LogP contribution in [0.3, 0.4) is 0 Å². The van der Waals surface area contributed by atoms with E-state index in [2.05, 4.69) is 25.8 Å². The number of hydrazine groups is 1. The molecule has 3 aromatic rings. The SMILES string of the molecule is O=C(NNC(=O)c1cc2c(s1)CCC2)c1csc(-c2ncccn2)n1. The molecule has 3 aromatic heterocycles. The summed E-state index contributed by atoms with van der Waals surface area (Å²) < 4.78 is 0. The van der Waals surface area contributed by atoms with Crippen LogP contribution in [0.2, 0.25) is 0 Å². The lowest BCUT2D eigenvalue weighted by Gasteiger charge is -2.04. The first kappa shape index (κ1) is 15.9. The van der Waals surface area contributed by atoms with E-state index in [1.165, 1.54) is 33.1 Å². The molecule has 0 bridgehead atoms. The number of aryl methyl sites for hydroxylation is 2. The average molecular weight is 371 g/mol. The van der Waals surface area contributed by atoms with Crippen LogP contribution in [0.1, 0.15) is 37.0 Å². The topological polar surface area (TPSA) is 96.9 Å². The van der Waals surface area contributed by atoms with Crippen molar-refractivity contribution < 1.29 is 9.59 Å². The molecule has 126 valence electrons. The molecule has 4 rings (SSSR count). The third-order valence-electron chi connectivity index (χ3n) is 3.75. The standard InChI is InChI=1S/C16H13N5O2S2/c22-14(10-8-24-16(19-10)13-17-5-2-6-18-13)20-21-15(23)12-7-9-3-1-4-11(9)25-12/h2,5-8H,1,3-4H2,(H,20,22)(H,21,23). The lowest BCUT2D eigenvalue weighted by Crippen LogP contribution is -2.41. The number of amides is 2. The molecule has 0 spiro atoms. The zero-order valence-electron chi connectivity index (χ0n) is 13.0. The molecule has 0 saturated carbocycles. The summed E-state index contributed by atoms with van der Waals surface area (Å²) in [6, 6.07) is 3.61. The monoisotopic (exact) mass is 371 g/mol. The number of carbonyl (C=O) groups is 2. The Bertz CT molecular complexity index is 914. The number of fused-ring (bicyclic) bond motifs is 1. The summed E-state index contributed by atoms with van der Waals surface area (Å²) in [5.74, 6) is -0.325. The van der Waals surface area contributed by atoms with Crippen LogP contribution in [0.15, 0.2) is 29.9 Å². The number of nitrogens with zero attached hydrogens (tertiary/aromatic N) is 3. The summed E-state index contributed by atoms with van der Waals surface area (Å²) in [5.41, 5.74) is 6.29. The van der Waals surface area contributed by atoms with Gasteiger partial charge in [0.05, 0.1) is 4.88 Å². The van der Waals surface area contributed by atoms with Crippen molar-refractivity contribution in [2.24, 2.45) is 0 Å². The first-order chi connectivity index (χ1) is 12.2. The van der Waals surface area contributed by atoms with E-state index in [4.69, 9.17) is 0 Å². The molecule has 3 heterocycles. The summed E-state index contributed by atoms with van der Waals surface area (Å²) in [4.78, 5) is 38.6. The number of thiazole rings is 1. The van der Waals surface area contributed by atoms with Gasteiger partial charge in [-0.25, -0.2) is 15.0 Å². The lowest BCUT2D eigenvalue weighted by molar-refractivity contribution is 0.0846. The molecule has 0 saturated heterocycles. The zero-order valence-corrected chi connectivity index (χ0v) is 14.6. The zero-order chi connectivity index (χ0) is 17.2. The number of thiophene rings is 1. The third kappa shape index (κ3) is 3.28. The molecule has 25 heavy (non-hydrogen) atoms. The largest absolute Gasteiger partial charge is 0.289 e. The van der Waals surface area contributed by atoms with Gasteiger partial charge in [0.15, 0.2) is 10.8 Å². The van der Waals surface area contributed by atoms with Crippen molar-refractivity contribution in [3.05, 3.63) is 50.9 Å². The van der Waals surface area contributed by atoms with E-state index in [1.807, 2.05) is 6.07 Å². The van der Waals surface area contributed by atoms with Gasteiger partial charge < -0.3 is 0 Å². The van der Waals surface area contributed by atoms with Crippen molar-refractivity contribution in [1.82, 2.24) is 25.8 Å². The van der Waals surface area contributed by atoms with Crippen molar-refractivity contribution in [2.45, 2.75) is 19.3 Å². The Kier molecular flexibility index (Phi) is 4.24. The second-order valence-corrected chi connectivity index (χ2v) is 7.43. The second-order valence-electron chi connectivity index (χ2n) is 5.43. The van der Waals surface area contributed by atoms with Gasteiger partial charge in [0.1, 0.15) is 5.69 Å². The van der Waals surface area contributed by atoms with E-state index >= 15 is 0 Å². The predicted molar refractivity (Wildman–Crippen MR) is 94.4 cm³/mol. The van der Waals surface area contributed by atoms with Crippen LogP contribution >= 0.6 is 22.7 Å². The van der Waals surface area contributed by atoms with Gasteiger partial charge in [-0.3, -0.25) is 20.4 Å². The Hall–Kier alpha value is -2.65. The van der Waals surface area contributed by atoms with Crippen LogP contribution in [-0.4, -0.2) is 26.8 Å². The Morgan fingerprint density at radius 2 is 1.88 bits per heavy atom. The minimum absolute atomic E-state index is 0.210. The van der Waals surface area contributed by atoms with Gasteiger partial charge in [-0.05, 0) is 37.0 Å². The van der Waals surface area contributed by atoms with Gasteiger partial charge in [0, 0.05) is 22.7 Å². The number of hydrogen-bond acceptors (Lipinski definition) is 7. The number of carbonyl (C=O) groups excluding carboxylic acids is 2. The van der Waals surface area contributed by atoms with E-state index in [0.717, 1.165) is 19.3 Å². The smallest absolute Gasteiger partial charge is 0.266 e. The minimum Gasteiger partial charge on any atom is -0.266 e. The Balaban J connectivity index is 1.39. The van der Waals surface area contributed by atoms with Crippen LogP contribution in [0.25, 0.3) is 10.8 Å². The van der Waals surface area contributed by atoms with Gasteiger partial charge in [-0.2, -0.15) is 0 Å². The molecule has 7 nitrogen and oxygen atoms in total. The fraction of sp³-hybridized carbons (Fsp3) is 0.188. The van der Waals surface area contributed by atoms with E-state index in [1.54, 1.807) is 23.8 Å². The number of aromatic nitrogens is 3. The van der Waals surface area contributed by atoms with E-state index in [0.29, 0.717) is 15.7 Å². The van der Waals surface area contributed by atoms with Gasteiger partial charge in [0.25, 0.3) is 11.8 Å². The van der Waals surface area contributed by atoms with E-state index < -0.39 is 5.91 Å². The molecule has 0 fully saturated rings. The molecule has 2 amide bonds. The fourth-order valence-electron chi connectivity index (χ4n) is 2.57. The van der Waals surface area contributed by atoms with Gasteiger partial charge >= 0.3 is 0 Å². The van der Waals surface area contributed by atoms with Crippen LogP contribution in [0.4, 0.5) is 0 Å². The first-order valence-corrected chi connectivity index (χ1v) is 9.35. The summed E-state index contributed by atoms with van der Waals surface area (Å²) in [5, 5.41) is 2.15. The van der Waals surface area contributed by atoms with E-state index in [-0.39, 0.29) is 11.6 Å².